The van der Waals surface area contributed by atoms with Gasteiger partial charge in [-0.1, -0.05) is 0 Å². The average molecular weight is 617 g/mol. The Bertz CT molecular complexity index is 875. The Morgan fingerprint density at radius 3 is 1.33 bits per heavy atom. The summed E-state index contributed by atoms with van der Waals surface area (Å²) in [5.74, 6) is 0. The molecule has 0 N–H and O–H groups in total. The summed E-state index contributed by atoms with van der Waals surface area (Å²) in [6.07, 6.45) is 0. The van der Waals surface area contributed by atoms with E-state index < -0.39 is 35.9 Å². The van der Waals surface area contributed by atoms with Crippen LogP contribution in [0.15, 0.2) is 47.5 Å². The van der Waals surface area contributed by atoms with Gasteiger partial charge in [0.25, 0.3) is 0 Å². The molecule has 3 heteroatoms. The van der Waals surface area contributed by atoms with E-state index >= 15 is 0 Å². The molecule has 0 heterocycles. The third-order valence-electron chi connectivity index (χ3n) is 6.36. The third-order valence-corrected chi connectivity index (χ3v) is 15.2. The number of hydrogen-bond donors (Lipinski definition) is 0. The molecule has 140 valence electrons. The second kappa shape index (κ2) is 8.68. The largest absolute Gasteiger partial charge is 1.00 e. The van der Waals surface area contributed by atoms with Gasteiger partial charge in [0.05, 0.1) is 0 Å². The van der Waals surface area contributed by atoms with Gasteiger partial charge >= 0.3 is 173 Å². The molecule has 0 saturated carbocycles. The normalized spacial score (nSPS) is 19.9. The minimum absolute atomic E-state index is 0. The smallest absolute Gasteiger partial charge is 1.00 e. The molecule has 0 fully saturated rings. The minimum atomic E-state index is -1.15. The van der Waals surface area contributed by atoms with Crippen molar-refractivity contribution in [1.29, 1.82) is 0 Å². The topological polar surface area (TPSA) is 0 Å². The first-order valence-electron chi connectivity index (χ1n) is 9.22. The Morgan fingerprint density at radius 1 is 0.593 bits per heavy atom. The SMILES string of the molecule is CC1=C(C)[CH]([Th+2][CH]2C(C)=C(C)c3c(C)cccc32)c2cccc(C)c21.[Cl-].[Cl-]. The van der Waals surface area contributed by atoms with E-state index in [0.29, 0.717) is 0 Å². The second-order valence-corrected chi connectivity index (χ2v) is 13.8. The van der Waals surface area contributed by atoms with Gasteiger partial charge in [0.2, 0.25) is 0 Å². The van der Waals surface area contributed by atoms with Crippen LogP contribution in [0.4, 0.5) is 0 Å². The van der Waals surface area contributed by atoms with Crippen molar-refractivity contribution >= 4 is 11.1 Å². The van der Waals surface area contributed by atoms with Crippen LogP contribution in [-0.4, -0.2) is 0 Å². The summed E-state index contributed by atoms with van der Waals surface area (Å²) >= 11 is -1.15. The standard InChI is InChI=1S/2C12H13.2ClH.Th/c2*1-8-5-4-6-11-7-9(2)10(3)12(8)11;;;/h2*4-7H,1-3H3;2*1H;/q;;;;+2/p-2. The van der Waals surface area contributed by atoms with Crippen LogP contribution in [0.1, 0.15) is 64.5 Å². The molecule has 4 rings (SSSR count). The van der Waals surface area contributed by atoms with E-state index in [9.17, 15) is 0 Å². The maximum Gasteiger partial charge on any atom is -1.00 e. The van der Waals surface area contributed by atoms with Crippen molar-refractivity contribution in [2.45, 2.75) is 44.9 Å². The quantitative estimate of drug-likeness (QED) is 0.468. The van der Waals surface area contributed by atoms with E-state index in [1.165, 1.54) is 11.1 Å². The van der Waals surface area contributed by atoms with Crippen molar-refractivity contribution in [3.05, 3.63) is 80.9 Å². The molecule has 0 nitrogen and oxygen atoms in total. The van der Waals surface area contributed by atoms with Crippen LogP contribution in [0.2, 0.25) is 0 Å². The summed E-state index contributed by atoms with van der Waals surface area (Å²) < 4.78 is 1.52. The molecule has 0 aromatic heterocycles. The Balaban J connectivity index is 0.00000131. The number of halogens is 2. The molecular formula is C24H26Cl2Th. The molecule has 0 spiro atoms. The van der Waals surface area contributed by atoms with Gasteiger partial charge in [0, 0.05) is 0 Å². The van der Waals surface area contributed by atoms with E-state index in [-0.39, 0.29) is 24.8 Å². The number of rotatable bonds is 2. The van der Waals surface area contributed by atoms with Crippen LogP contribution >= 0.6 is 0 Å². The number of hydrogen-bond acceptors (Lipinski definition) is 0. The number of allylic oxidation sites excluding steroid dienone is 4. The zero-order valence-corrected chi connectivity index (χ0v) is 22.5. The van der Waals surface area contributed by atoms with Crippen LogP contribution in [0.25, 0.3) is 11.1 Å². The summed E-state index contributed by atoms with van der Waals surface area (Å²) in [6.45, 7) is 14.0. The maximum absolute atomic E-state index is 2.40. The van der Waals surface area contributed by atoms with Crippen LogP contribution in [0.3, 0.4) is 0 Å². The molecule has 0 aliphatic heterocycles. The molecule has 2 aromatic rings. The van der Waals surface area contributed by atoms with Crippen LogP contribution in [0, 0.1) is 49.7 Å². The first-order valence-corrected chi connectivity index (χ1v) is 14.0. The van der Waals surface area contributed by atoms with Crippen LogP contribution < -0.4 is 24.8 Å². The van der Waals surface area contributed by atoms with Gasteiger partial charge < -0.3 is 24.8 Å². The van der Waals surface area contributed by atoms with E-state index in [2.05, 4.69) is 77.9 Å². The number of fused-ring (bicyclic) bond motifs is 2. The van der Waals surface area contributed by atoms with Gasteiger partial charge in [-0.25, -0.2) is 0 Å². The molecular weight excluding hydrogens is 591 g/mol. The summed E-state index contributed by atoms with van der Waals surface area (Å²) in [6, 6.07) is 13.9. The van der Waals surface area contributed by atoms with Crippen molar-refractivity contribution in [2.75, 3.05) is 0 Å². The first kappa shape index (κ1) is 23.1. The van der Waals surface area contributed by atoms with Gasteiger partial charge in [-0.15, -0.1) is 0 Å². The van der Waals surface area contributed by atoms with Gasteiger partial charge in [0.15, 0.2) is 0 Å². The summed E-state index contributed by atoms with van der Waals surface area (Å²) in [7, 11) is 0. The Morgan fingerprint density at radius 2 is 0.963 bits per heavy atom. The fraction of sp³-hybridized carbons (Fsp3) is 0.333. The van der Waals surface area contributed by atoms with Gasteiger partial charge in [-0.05, 0) is 0 Å². The summed E-state index contributed by atoms with van der Waals surface area (Å²) in [5.41, 5.74) is 15.7. The number of aryl methyl sites for hydroxylation is 2. The van der Waals surface area contributed by atoms with Crippen LogP contribution in [-0.2, 0) is 0 Å². The summed E-state index contributed by atoms with van der Waals surface area (Å²) in [4.78, 5) is 0. The zero-order chi connectivity index (χ0) is 17.9. The second-order valence-electron chi connectivity index (χ2n) is 7.73. The van der Waals surface area contributed by atoms with Crippen LogP contribution in [0.5, 0.6) is 0 Å². The van der Waals surface area contributed by atoms with E-state index in [1.54, 1.807) is 44.5 Å². The molecule has 27 heavy (non-hydrogen) atoms. The van der Waals surface area contributed by atoms with E-state index in [0.717, 1.165) is 3.40 Å². The van der Waals surface area contributed by atoms with E-state index in [1.807, 2.05) is 0 Å². The van der Waals surface area contributed by atoms with Crippen molar-refractivity contribution in [3.8, 4) is 0 Å². The Hall–Kier alpha value is -0.175. The zero-order valence-electron chi connectivity index (χ0n) is 16.9. The van der Waals surface area contributed by atoms with Crippen molar-refractivity contribution in [3.63, 3.8) is 0 Å². The van der Waals surface area contributed by atoms with Crippen molar-refractivity contribution in [1.82, 2.24) is 0 Å². The maximum atomic E-state index is 2.40. The molecule has 0 saturated heterocycles. The molecule has 0 bridgehead atoms. The third kappa shape index (κ3) is 3.60. The molecule has 2 aliphatic carbocycles. The minimum Gasteiger partial charge on any atom is -1.00 e. The van der Waals surface area contributed by atoms with E-state index in [4.69, 9.17) is 0 Å². The monoisotopic (exact) mass is 616 g/mol. The summed E-state index contributed by atoms with van der Waals surface area (Å²) in [5, 5.41) is 0. The van der Waals surface area contributed by atoms with Crippen molar-refractivity contribution < 1.29 is 60.7 Å². The fourth-order valence-corrected chi connectivity index (χ4v) is 13.4. The average Bonchev–Trinajstić information content (AvgIpc) is 2.97. The first-order chi connectivity index (χ1) is 11.9. The molecule has 2 aromatic carbocycles. The fourth-order valence-electron chi connectivity index (χ4n) is 4.78. The molecule has 2 unspecified atom stereocenters. The number of benzene rings is 2. The predicted octanol–water partition coefficient (Wildman–Crippen LogP) is 0.793. The Kier molecular flexibility index (Phi) is 7.43. The molecule has 2 aliphatic rings. The van der Waals surface area contributed by atoms with Gasteiger partial charge in [0.1, 0.15) is 0 Å². The Labute approximate surface area is 195 Å². The van der Waals surface area contributed by atoms with Gasteiger partial charge in [-0.3, -0.25) is 0 Å². The van der Waals surface area contributed by atoms with Gasteiger partial charge in [-0.2, -0.15) is 0 Å². The predicted molar refractivity (Wildman–Crippen MR) is 104 cm³/mol. The van der Waals surface area contributed by atoms with Crippen molar-refractivity contribution in [2.24, 2.45) is 0 Å². The molecule has 0 amide bonds. The molecule has 2 atom stereocenters. The molecule has 0 radical (unpaired) electrons.